The molecule has 0 atom stereocenters. The van der Waals surface area contributed by atoms with Crippen molar-refractivity contribution in [2.75, 3.05) is 31.1 Å². The summed E-state index contributed by atoms with van der Waals surface area (Å²) in [5.74, 6) is 3.56. The molecule has 4 rings (SSSR count). The predicted molar refractivity (Wildman–Crippen MR) is 106 cm³/mol. The van der Waals surface area contributed by atoms with Crippen molar-refractivity contribution >= 4 is 17.2 Å². The van der Waals surface area contributed by atoms with Crippen molar-refractivity contribution in [3.05, 3.63) is 41.0 Å². The Kier molecular flexibility index (Phi) is 5.18. The predicted octanol–water partition coefficient (Wildman–Crippen LogP) is 3.34. The summed E-state index contributed by atoms with van der Waals surface area (Å²) < 4.78 is 5.81. The highest BCUT2D eigenvalue weighted by Crippen LogP contribution is 2.24. The summed E-state index contributed by atoms with van der Waals surface area (Å²) in [5, 5.41) is 10.4. The molecule has 0 radical (unpaired) electrons. The van der Waals surface area contributed by atoms with Gasteiger partial charge in [0.25, 0.3) is 5.89 Å². The van der Waals surface area contributed by atoms with Gasteiger partial charge >= 0.3 is 0 Å². The van der Waals surface area contributed by atoms with Gasteiger partial charge in [0, 0.05) is 43.9 Å². The summed E-state index contributed by atoms with van der Waals surface area (Å²) in [6.45, 7) is 10.7. The second-order valence-electron chi connectivity index (χ2n) is 7.12. The van der Waals surface area contributed by atoms with E-state index < -0.39 is 0 Å². The van der Waals surface area contributed by atoms with E-state index in [0.717, 1.165) is 48.4 Å². The lowest BCUT2D eigenvalue weighted by atomic mass is 10.2. The SMILES string of the molecule is Cc1cc(N2CCN(Cc3nnc(-c4cccs4)o3)CC2)nc(C(C)C)n1. The number of hydrogen-bond donors (Lipinski definition) is 0. The third kappa shape index (κ3) is 4.17. The Bertz CT molecular complexity index is 884. The zero-order valence-electron chi connectivity index (χ0n) is 15.9. The quantitative estimate of drug-likeness (QED) is 0.668. The maximum absolute atomic E-state index is 5.81. The largest absolute Gasteiger partial charge is 0.419 e. The minimum Gasteiger partial charge on any atom is -0.419 e. The highest BCUT2D eigenvalue weighted by Gasteiger charge is 2.21. The van der Waals surface area contributed by atoms with Gasteiger partial charge in [-0.2, -0.15) is 0 Å². The molecule has 0 N–H and O–H groups in total. The Labute approximate surface area is 163 Å². The molecule has 1 aliphatic heterocycles. The molecule has 0 spiro atoms. The van der Waals surface area contributed by atoms with Crippen molar-refractivity contribution in [2.24, 2.45) is 0 Å². The molecule has 8 heteroatoms. The van der Waals surface area contributed by atoms with Gasteiger partial charge in [-0.1, -0.05) is 19.9 Å². The minimum atomic E-state index is 0.333. The van der Waals surface area contributed by atoms with Gasteiger partial charge in [-0.15, -0.1) is 21.5 Å². The number of aromatic nitrogens is 4. The average Bonchev–Trinajstić information content (AvgIpc) is 3.33. The van der Waals surface area contributed by atoms with Crippen molar-refractivity contribution in [3.8, 4) is 10.8 Å². The van der Waals surface area contributed by atoms with Gasteiger partial charge < -0.3 is 9.32 Å². The van der Waals surface area contributed by atoms with Crippen LogP contribution in [0.3, 0.4) is 0 Å². The summed E-state index contributed by atoms with van der Waals surface area (Å²) >= 11 is 1.61. The van der Waals surface area contributed by atoms with Crippen molar-refractivity contribution in [1.29, 1.82) is 0 Å². The van der Waals surface area contributed by atoms with Crippen LogP contribution in [0.4, 0.5) is 5.82 Å². The van der Waals surface area contributed by atoms with Gasteiger partial charge in [0.1, 0.15) is 11.6 Å². The van der Waals surface area contributed by atoms with Gasteiger partial charge in [0.2, 0.25) is 5.89 Å². The third-order valence-corrected chi connectivity index (χ3v) is 5.49. The smallest absolute Gasteiger partial charge is 0.257 e. The van der Waals surface area contributed by atoms with E-state index in [9.17, 15) is 0 Å². The fourth-order valence-electron chi connectivity index (χ4n) is 3.14. The van der Waals surface area contributed by atoms with E-state index in [2.05, 4.69) is 44.9 Å². The van der Waals surface area contributed by atoms with E-state index in [-0.39, 0.29) is 0 Å². The molecular formula is C19H24N6OS. The fourth-order valence-corrected chi connectivity index (χ4v) is 3.78. The molecule has 3 aromatic heterocycles. The molecule has 1 aliphatic rings. The summed E-state index contributed by atoms with van der Waals surface area (Å²) in [7, 11) is 0. The molecule has 27 heavy (non-hydrogen) atoms. The van der Waals surface area contributed by atoms with Gasteiger partial charge in [-0.25, -0.2) is 9.97 Å². The zero-order valence-corrected chi connectivity index (χ0v) is 16.7. The van der Waals surface area contributed by atoms with Crippen LogP contribution in [0.2, 0.25) is 0 Å². The van der Waals surface area contributed by atoms with E-state index in [4.69, 9.17) is 9.40 Å². The van der Waals surface area contributed by atoms with Crippen molar-refractivity contribution in [3.63, 3.8) is 0 Å². The summed E-state index contributed by atoms with van der Waals surface area (Å²) in [5.41, 5.74) is 1.03. The van der Waals surface area contributed by atoms with E-state index in [1.807, 2.05) is 24.4 Å². The first-order valence-electron chi connectivity index (χ1n) is 9.27. The third-order valence-electron chi connectivity index (χ3n) is 4.63. The van der Waals surface area contributed by atoms with Crippen LogP contribution >= 0.6 is 11.3 Å². The molecule has 0 unspecified atom stereocenters. The molecule has 0 aliphatic carbocycles. The molecular weight excluding hydrogens is 360 g/mol. The Morgan fingerprint density at radius 3 is 2.67 bits per heavy atom. The van der Waals surface area contributed by atoms with Crippen LogP contribution in [0.25, 0.3) is 10.8 Å². The molecule has 0 bridgehead atoms. The average molecular weight is 385 g/mol. The molecule has 7 nitrogen and oxygen atoms in total. The Morgan fingerprint density at radius 1 is 1.15 bits per heavy atom. The van der Waals surface area contributed by atoms with Gasteiger partial charge in [0.15, 0.2) is 0 Å². The van der Waals surface area contributed by atoms with Crippen LogP contribution in [0.15, 0.2) is 28.0 Å². The molecule has 0 amide bonds. The maximum atomic E-state index is 5.81. The number of nitrogens with zero attached hydrogens (tertiary/aromatic N) is 6. The van der Waals surface area contributed by atoms with Crippen LogP contribution < -0.4 is 4.90 Å². The normalized spacial score (nSPS) is 15.6. The number of anilines is 1. The molecule has 1 fully saturated rings. The van der Waals surface area contributed by atoms with Crippen LogP contribution in [-0.2, 0) is 6.54 Å². The van der Waals surface area contributed by atoms with E-state index in [1.54, 1.807) is 11.3 Å². The van der Waals surface area contributed by atoms with Gasteiger partial charge in [-0.3, -0.25) is 4.90 Å². The first-order chi connectivity index (χ1) is 13.1. The monoisotopic (exact) mass is 384 g/mol. The zero-order chi connectivity index (χ0) is 18.8. The van der Waals surface area contributed by atoms with Crippen LogP contribution in [0.1, 0.15) is 37.2 Å². The molecule has 4 heterocycles. The maximum Gasteiger partial charge on any atom is 0.257 e. The summed E-state index contributed by atoms with van der Waals surface area (Å²) in [6, 6.07) is 6.06. The lowest BCUT2D eigenvalue weighted by molar-refractivity contribution is 0.226. The highest BCUT2D eigenvalue weighted by molar-refractivity contribution is 7.13. The molecule has 142 valence electrons. The number of thiophene rings is 1. The number of piperazine rings is 1. The van der Waals surface area contributed by atoms with Crippen LogP contribution in [0, 0.1) is 6.92 Å². The Morgan fingerprint density at radius 2 is 1.96 bits per heavy atom. The lowest BCUT2D eigenvalue weighted by Gasteiger charge is -2.35. The molecule has 0 saturated carbocycles. The van der Waals surface area contributed by atoms with Gasteiger partial charge in [0.05, 0.1) is 11.4 Å². The van der Waals surface area contributed by atoms with E-state index >= 15 is 0 Å². The number of rotatable bonds is 5. The van der Waals surface area contributed by atoms with E-state index in [0.29, 0.717) is 24.2 Å². The van der Waals surface area contributed by atoms with Gasteiger partial charge in [-0.05, 0) is 18.4 Å². The lowest BCUT2D eigenvalue weighted by Crippen LogP contribution is -2.46. The van der Waals surface area contributed by atoms with Crippen LogP contribution in [0.5, 0.6) is 0 Å². The first kappa shape index (κ1) is 18.1. The summed E-state index contributed by atoms with van der Waals surface area (Å²) in [4.78, 5) is 15.0. The van der Waals surface area contributed by atoms with Crippen molar-refractivity contribution in [1.82, 2.24) is 25.1 Å². The number of aryl methyl sites for hydroxylation is 1. The molecule has 1 saturated heterocycles. The molecule has 0 aromatic carbocycles. The Balaban J connectivity index is 1.37. The second kappa shape index (κ2) is 7.74. The Hall–Kier alpha value is -2.32. The van der Waals surface area contributed by atoms with Crippen molar-refractivity contribution < 1.29 is 4.42 Å². The fraction of sp³-hybridized carbons (Fsp3) is 0.474. The topological polar surface area (TPSA) is 71.2 Å². The number of hydrogen-bond acceptors (Lipinski definition) is 8. The second-order valence-corrected chi connectivity index (χ2v) is 8.07. The minimum absolute atomic E-state index is 0.333. The van der Waals surface area contributed by atoms with Crippen LogP contribution in [-0.4, -0.2) is 51.2 Å². The first-order valence-corrected chi connectivity index (χ1v) is 10.2. The molecule has 3 aromatic rings. The highest BCUT2D eigenvalue weighted by atomic mass is 32.1. The summed E-state index contributed by atoms with van der Waals surface area (Å²) in [6.07, 6.45) is 0. The standard InChI is InChI=1S/C19H24N6OS/c1-13(2)18-20-14(3)11-16(21-18)25-8-6-24(7-9-25)12-17-22-23-19(26-17)15-5-4-10-27-15/h4-5,10-11,13H,6-9,12H2,1-3H3. The van der Waals surface area contributed by atoms with E-state index in [1.165, 1.54) is 0 Å². The van der Waals surface area contributed by atoms with Crippen molar-refractivity contribution in [2.45, 2.75) is 33.2 Å².